The van der Waals surface area contributed by atoms with Crippen LogP contribution in [0.4, 0.5) is 5.69 Å². The second kappa shape index (κ2) is 10.2. The number of benzene rings is 2. The maximum atomic E-state index is 12.7. The number of thiocarbonyl (C=S) groups is 1. The molecule has 12 heteroatoms. The molecule has 0 radical (unpaired) electrons. The van der Waals surface area contributed by atoms with Crippen LogP contribution < -0.4 is 30.4 Å². The number of carbonyl (C=O) groups is 1. The lowest BCUT2D eigenvalue weighted by Crippen LogP contribution is -2.48. The van der Waals surface area contributed by atoms with Gasteiger partial charge in [0, 0.05) is 30.5 Å². The number of hydrazine groups is 1. The normalized spacial score (nSPS) is 17.2. The van der Waals surface area contributed by atoms with Crippen LogP contribution in [0, 0.1) is 0 Å². The van der Waals surface area contributed by atoms with E-state index >= 15 is 0 Å². The Hall–Kier alpha value is -3.09. The predicted octanol–water partition coefficient (Wildman–Crippen LogP) is 1.55. The molecular formula is C21H24N4O6S2. The number of ether oxygens (including phenoxy) is 3. The Bertz CT molecular complexity index is 1120. The van der Waals surface area contributed by atoms with Crippen LogP contribution in [0.5, 0.6) is 11.5 Å². The van der Waals surface area contributed by atoms with E-state index in [1.54, 1.807) is 6.07 Å². The van der Waals surface area contributed by atoms with Crippen molar-refractivity contribution in [2.45, 2.75) is 23.8 Å². The van der Waals surface area contributed by atoms with E-state index in [4.69, 9.17) is 26.4 Å². The van der Waals surface area contributed by atoms with Gasteiger partial charge in [-0.3, -0.25) is 20.4 Å². The van der Waals surface area contributed by atoms with Crippen molar-refractivity contribution in [3.05, 3.63) is 48.0 Å². The van der Waals surface area contributed by atoms with Crippen LogP contribution in [0.1, 0.15) is 23.2 Å². The Morgan fingerprint density at radius 2 is 1.76 bits per heavy atom. The lowest BCUT2D eigenvalue weighted by Gasteiger charge is -2.19. The van der Waals surface area contributed by atoms with E-state index in [0.29, 0.717) is 42.5 Å². The minimum atomic E-state index is -3.85. The van der Waals surface area contributed by atoms with Crippen molar-refractivity contribution in [1.82, 2.24) is 16.2 Å². The third-order valence-corrected chi connectivity index (χ3v) is 6.65. The van der Waals surface area contributed by atoms with E-state index in [-0.39, 0.29) is 16.1 Å². The van der Waals surface area contributed by atoms with Gasteiger partial charge < -0.3 is 19.5 Å². The summed E-state index contributed by atoms with van der Waals surface area (Å²) >= 11 is 5.14. The van der Waals surface area contributed by atoms with Crippen molar-refractivity contribution in [3.63, 3.8) is 0 Å². The Morgan fingerprint density at radius 1 is 1.00 bits per heavy atom. The van der Waals surface area contributed by atoms with E-state index in [1.165, 1.54) is 36.4 Å². The highest BCUT2D eigenvalue weighted by Crippen LogP contribution is 2.32. The molecule has 176 valence electrons. The molecule has 2 aliphatic heterocycles. The van der Waals surface area contributed by atoms with Gasteiger partial charge in [-0.15, -0.1) is 0 Å². The Morgan fingerprint density at radius 3 is 2.48 bits per heavy atom. The Labute approximate surface area is 197 Å². The highest BCUT2D eigenvalue weighted by molar-refractivity contribution is 7.92. The van der Waals surface area contributed by atoms with E-state index in [0.717, 1.165) is 19.4 Å². The fraction of sp³-hybridized carbons (Fsp3) is 0.333. The third kappa shape index (κ3) is 6.03. The molecule has 1 saturated heterocycles. The van der Waals surface area contributed by atoms with E-state index in [2.05, 4.69) is 20.9 Å². The zero-order valence-corrected chi connectivity index (χ0v) is 19.3. The van der Waals surface area contributed by atoms with Crippen molar-refractivity contribution in [2.75, 3.05) is 31.1 Å². The highest BCUT2D eigenvalue weighted by Gasteiger charge is 2.20. The molecule has 2 aliphatic rings. The van der Waals surface area contributed by atoms with Gasteiger partial charge in [-0.1, -0.05) is 0 Å². The van der Waals surface area contributed by atoms with Crippen LogP contribution in [0.15, 0.2) is 47.4 Å². The van der Waals surface area contributed by atoms with Crippen molar-refractivity contribution >= 4 is 38.9 Å². The number of rotatable bonds is 6. The summed E-state index contributed by atoms with van der Waals surface area (Å²) in [7, 11) is -3.85. The summed E-state index contributed by atoms with van der Waals surface area (Å²) in [4.78, 5) is 12.4. The number of nitrogens with one attached hydrogen (secondary N) is 4. The molecule has 0 saturated carbocycles. The van der Waals surface area contributed by atoms with Gasteiger partial charge in [0.15, 0.2) is 16.6 Å². The number of sulfonamides is 1. The first kappa shape index (κ1) is 23.1. The largest absolute Gasteiger partial charge is 0.486 e. The molecule has 0 aliphatic carbocycles. The molecule has 1 fully saturated rings. The first-order valence-electron chi connectivity index (χ1n) is 10.4. The molecule has 33 heavy (non-hydrogen) atoms. The summed E-state index contributed by atoms with van der Waals surface area (Å²) in [6.45, 7) is 2.11. The molecule has 2 aromatic carbocycles. The van der Waals surface area contributed by atoms with Crippen LogP contribution in [-0.4, -0.2) is 51.9 Å². The molecule has 2 aromatic rings. The summed E-state index contributed by atoms with van der Waals surface area (Å²) in [5.41, 5.74) is 5.77. The molecule has 10 nitrogen and oxygen atoms in total. The molecular weight excluding hydrogens is 468 g/mol. The maximum absolute atomic E-state index is 12.7. The first-order chi connectivity index (χ1) is 15.9. The quantitative estimate of drug-likeness (QED) is 0.351. The van der Waals surface area contributed by atoms with Crippen molar-refractivity contribution in [1.29, 1.82) is 0 Å². The van der Waals surface area contributed by atoms with Crippen LogP contribution in [0.3, 0.4) is 0 Å². The number of anilines is 1. The molecule has 1 amide bonds. The van der Waals surface area contributed by atoms with Gasteiger partial charge in [-0.25, -0.2) is 8.42 Å². The molecule has 1 atom stereocenters. The lowest BCUT2D eigenvalue weighted by atomic mass is 10.2. The molecule has 0 spiro atoms. The van der Waals surface area contributed by atoms with Crippen LogP contribution >= 0.6 is 12.2 Å². The Kier molecular flexibility index (Phi) is 7.16. The van der Waals surface area contributed by atoms with Crippen LogP contribution in [-0.2, 0) is 14.8 Å². The van der Waals surface area contributed by atoms with Gasteiger partial charge in [0.1, 0.15) is 13.2 Å². The first-order valence-corrected chi connectivity index (χ1v) is 12.3. The smallest absolute Gasteiger partial charge is 0.269 e. The average Bonchev–Trinajstić information content (AvgIpc) is 3.35. The van der Waals surface area contributed by atoms with Gasteiger partial charge in [0.2, 0.25) is 0 Å². The van der Waals surface area contributed by atoms with Gasteiger partial charge in [-0.2, -0.15) is 0 Å². The van der Waals surface area contributed by atoms with Crippen LogP contribution in [0.25, 0.3) is 0 Å². The zero-order valence-electron chi connectivity index (χ0n) is 17.6. The second-order valence-electron chi connectivity index (χ2n) is 7.41. The third-order valence-electron chi connectivity index (χ3n) is 5.03. The Balaban J connectivity index is 1.30. The predicted molar refractivity (Wildman–Crippen MR) is 125 cm³/mol. The van der Waals surface area contributed by atoms with Crippen LogP contribution in [0.2, 0.25) is 0 Å². The zero-order chi connectivity index (χ0) is 23.3. The molecule has 2 heterocycles. The molecule has 1 unspecified atom stereocenters. The number of carbonyl (C=O) groups excluding carboxylic acids is 1. The van der Waals surface area contributed by atoms with E-state index in [1.807, 2.05) is 0 Å². The van der Waals surface area contributed by atoms with E-state index < -0.39 is 15.9 Å². The van der Waals surface area contributed by atoms with Gasteiger partial charge in [0.25, 0.3) is 15.9 Å². The summed E-state index contributed by atoms with van der Waals surface area (Å²) in [5.74, 6) is 0.468. The SMILES string of the molecule is O=C(NNC(=S)NCC1CCCO1)c1ccc(NS(=O)(=O)c2ccc3c(c2)OCCO3)cc1. The molecule has 0 bridgehead atoms. The monoisotopic (exact) mass is 492 g/mol. The lowest BCUT2D eigenvalue weighted by molar-refractivity contribution is 0.0943. The number of fused-ring (bicyclic) bond motifs is 1. The fourth-order valence-corrected chi connectivity index (χ4v) is 4.54. The van der Waals surface area contributed by atoms with Gasteiger partial charge in [-0.05, 0) is 61.5 Å². The molecule has 0 aromatic heterocycles. The highest BCUT2D eigenvalue weighted by atomic mass is 32.2. The van der Waals surface area contributed by atoms with E-state index in [9.17, 15) is 13.2 Å². The van der Waals surface area contributed by atoms with Crippen molar-refractivity contribution in [3.8, 4) is 11.5 Å². The second-order valence-corrected chi connectivity index (χ2v) is 9.50. The summed E-state index contributed by atoms with van der Waals surface area (Å²) < 4.78 is 44.3. The summed E-state index contributed by atoms with van der Waals surface area (Å²) in [6.07, 6.45) is 2.14. The molecule has 4 rings (SSSR count). The average molecular weight is 493 g/mol. The number of hydrogen-bond acceptors (Lipinski definition) is 7. The van der Waals surface area contributed by atoms with Gasteiger partial charge in [0.05, 0.1) is 11.0 Å². The standard InChI is InChI=1S/C21H24N4O6S2/c26-20(23-24-21(32)22-13-16-2-1-9-29-16)14-3-5-15(6-4-14)25-33(27,28)17-7-8-18-19(12-17)31-11-10-30-18/h3-8,12,16,25H,1-2,9-11,13H2,(H,23,26)(H2,22,24,32). The topological polar surface area (TPSA) is 127 Å². The summed E-state index contributed by atoms with van der Waals surface area (Å²) in [6, 6.07) is 10.4. The summed E-state index contributed by atoms with van der Waals surface area (Å²) in [5, 5.41) is 3.27. The minimum absolute atomic E-state index is 0.0433. The van der Waals surface area contributed by atoms with Crippen molar-refractivity contribution < 1.29 is 27.4 Å². The fourth-order valence-electron chi connectivity index (χ4n) is 3.34. The van der Waals surface area contributed by atoms with Crippen molar-refractivity contribution in [2.24, 2.45) is 0 Å². The molecule has 4 N–H and O–H groups in total. The minimum Gasteiger partial charge on any atom is -0.486 e. The van der Waals surface area contributed by atoms with Gasteiger partial charge >= 0.3 is 0 Å². The maximum Gasteiger partial charge on any atom is 0.269 e. The number of hydrogen-bond donors (Lipinski definition) is 4. The number of amides is 1.